The molecule has 3 aromatic carbocycles. The van der Waals surface area contributed by atoms with Crippen molar-refractivity contribution in [3.05, 3.63) is 94.8 Å². The normalized spacial score (nSPS) is 14.3. The Hall–Kier alpha value is -3.70. The van der Waals surface area contributed by atoms with Crippen molar-refractivity contribution in [1.29, 1.82) is 0 Å². The number of morpholine rings is 1. The number of anilines is 1. The van der Waals surface area contributed by atoms with Crippen molar-refractivity contribution in [3.8, 4) is 16.9 Å². The number of aromatic nitrogens is 2. The van der Waals surface area contributed by atoms with Crippen molar-refractivity contribution in [2.45, 2.75) is 6.92 Å². The Morgan fingerprint density at radius 1 is 0.906 bits per heavy atom. The Morgan fingerprint density at radius 3 is 2.38 bits per heavy atom. The molecule has 5 nitrogen and oxygen atoms in total. The van der Waals surface area contributed by atoms with Gasteiger partial charge >= 0.3 is 0 Å². The molecular formula is C27H25N3O2. The molecule has 1 aliphatic heterocycles. The van der Waals surface area contributed by atoms with Gasteiger partial charge in [0, 0.05) is 35.3 Å². The van der Waals surface area contributed by atoms with Crippen LogP contribution in [0.2, 0.25) is 0 Å². The summed E-state index contributed by atoms with van der Waals surface area (Å²) in [7, 11) is 0. The number of nitrogens with zero attached hydrogens (tertiary/aromatic N) is 3. The Bertz CT molecular complexity index is 1340. The van der Waals surface area contributed by atoms with Gasteiger partial charge in [-0.2, -0.15) is 9.78 Å². The third kappa shape index (κ3) is 3.72. The molecule has 2 heterocycles. The summed E-state index contributed by atoms with van der Waals surface area (Å²) in [6.45, 7) is 5.05. The van der Waals surface area contributed by atoms with Crippen LogP contribution >= 0.6 is 0 Å². The fourth-order valence-electron chi connectivity index (χ4n) is 4.22. The molecule has 32 heavy (non-hydrogen) atoms. The van der Waals surface area contributed by atoms with Crippen molar-refractivity contribution < 1.29 is 4.74 Å². The SMILES string of the molecule is C/C=C/c1ccc(N2CCOCC2)cc1-n1nc(-c2ccccc2)c2ccccc2c1=O. The van der Waals surface area contributed by atoms with E-state index in [0.717, 1.165) is 46.7 Å². The monoisotopic (exact) mass is 423 g/mol. The number of fused-ring (bicyclic) bond motifs is 1. The van der Waals surface area contributed by atoms with Gasteiger partial charge in [0.1, 0.15) is 0 Å². The smallest absolute Gasteiger partial charge is 0.279 e. The minimum Gasteiger partial charge on any atom is -0.378 e. The summed E-state index contributed by atoms with van der Waals surface area (Å²) in [6.07, 6.45) is 4.00. The van der Waals surface area contributed by atoms with E-state index in [1.165, 1.54) is 0 Å². The second-order valence-electron chi connectivity index (χ2n) is 7.82. The van der Waals surface area contributed by atoms with Gasteiger partial charge in [-0.15, -0.1) is 0 Å². The average molecular weight is 424 g/mol. The second kappa shape index (κ2) is 8.81. The van der Waals surface area contributed by atoms with Crippen LogP contribution in [-0.2, 0) is 4.74 Å². The van der Waals surface area contributed by atoms with Crippen molar-refractivity contribution >= 4 is 22.5 Å². The largest absolute Gasteiger partial charge is 0.378 e. The molecule has 0 unspecified atom stereocenters. The van der Waals surface area contributed by atoms with Gasteiger partial charge in [-0.05, 0) is 25.1 Å². The first-order valence-electron chi connectivity index (χ1n) is 10.9. The molecule has 4 aromatic rings. The number of benzene rings is 3. The van der Waals surface area contributed by atoms with Crippen LogP contribution in [0.1, 0.15) is 12.5 Å². The van der Waals surface area contributed by atoms with Crippen molar-refractivity contribution in [3.63, 3.8) is 0 Å². The minimum atomic E-state index is -0.120. The highest BCUT2D eigenvalue weighted by molar-refractivity contribution is 5.94. The highest BCUT2D eigenvalue weighted by Crippen LogP contribution is 2.28. The van der Waals surface area contributed by atoms with Crippen molar-refractivity contribution in [1.82, 2.24) is 9.78 Å². The van der Waals surface area contributed by atoms with E-state index in [1.54, 1.807) is 4.68 Å². The number of rotatable bonds is 4. The van der Waals surface area contributed by atoms with E-state index in [0.29, 0.717) is 18.6 Å². The Balaban J connectivity index is 1.77. The van der Waals surface area contributed by atoms with Gasteiger partial charge in [0.2, 0.25) is 0 Å². The summed E-state index contributed by atoms with van der Waals surface area (Å²) in [6, 6.07) is 24.0. The molecule has 1 fully saturated rings. The fraction of sp³-hybridized carbons (Fsp3) is 0.185. The lowest BCUT2D eigenvalue weighted by molar-refractivity contribution is 0.122. The molecule has 0 bridgehead atoms. The van der Waals surface area contributed by atoms with E-state index in [4.69, 9.17) is 9.84 Å². The summed E-state index contributed by atoms with van der Waals surface area (Å²) in [4.78, 5) is 15.9. The van der Waals surface area contributed by atoms with Gasteiger partial charge in [0.25, 0.3) is 5.56 Å². The topological polar surface area (TPSA) is 47.4 Å². The predicted octanol–water partition coefficient (Wildman–Crippen LogP) is 4.92. The Labute approximate surface area is 187 Å². The zero-order valence-electron chi connectivity index (χ0n) is 18.1. The lowest BCUT2D eigenvalue weighted by Crippen LogP contribution is -2.36. The molecule has 0 radical (unpaired) electrons. The maximum Gasteiger partial charge on any atom is 0.279 e. The summed E-state index contributed by atoms with van der Waals surface area (Å²) in [5.41, 5.74) is 4.46. The van der Waals surface area contributed by atoms with Gasteiger partial charge in [-0.3, -0.25) is 4.79 Å². The average Bonchev–Trinajstić information content (AvgIpc) is 2.86. The Kier molecular flexibility index (Phi) is 5.57. The number of hydrogen-bond acceptors (Lipinski definition) is 4. The molecule has 0 amide bonds. The summed E-state index contributed by atoms with van der Waals surface area (Å²) in [5.74, 6) is 0. The third-order valence-corrected chi connectivity index (χ3v) is 5.82. The number of allylic oxidation sites excluding steroid dienone is 1. The minimum absolute atomic E-state index is 0.120. The van der Waals surface area contributed by atoms with E-state index in [2.05, 4.69) is 23.1 Å². The molecule has 160 valence electrons. The molecule has 0 spiro atoms. The van der Waals surface area contributed by atoms with E-state index in [-0.39, 0.29) is 5.56 Å². The second-order valence-corrected chi connectivity index (χ2v) is 7.82. The maximum absolute atomic E-state index is 13.6. The van der Waals surface area contributed by atoms with Gasteiger partial charge in [-0.1, -0.05) is 66.7 Å². The quantitative estimate of drug-likeness (QED) is 0.467. The van der Waals surface area contributed by atoms with Crippen LogP contribution in [0.15, 0.2) is 83.7 Å². The molecule has 0 atom stereocenters. The number of ether oxygens (including phenoxy) is 1. The van der Waals surface area contributed by atoms with Gasteiger partial charge in [0.15, 0.2) is 0 Å². The van der Waals surface area contributed by atoms with Crippen LogP contribution in [0.4, 0.5) is 5.69 Å². The number of hydrogen-bond donors (Lipinski definition) is 0. The molecule has 5 heteroatoms. The highest BCUT2D eigenvalue weighted by Gasteiger charge is 2.17. The van der Waals surface area contributed by atoms with Gasteiger partial charge < -0.3 is 9.64 Å². The lowest BCUT2D eigenvalue weighted by atomic mass is 10.0. The summed E-state index contributed by atoms with van der Waals surface area (Å²) >= 11 is 0. The first-order chi connectivity index (χ1) is 15.8. The van der Waals surface area contributed by atoms with Crippen LogP contribution in [0.3, 0.4) is 0 Å². The fourth-order valence-corrected chi connectivity index (χ4v) is 4.22. The first-order valence-corrected chi connectivity index (χ1v) is 10.9. The van der Waals surface area contributed by atoms with Crippen molar-refractivity contribution in [2.24, 2.45) is 0 Å². The zero-order valence-corrected chi connectivity index (χ0v) is 18.1. The van der Waals surface area contributed by atoms with E-state index < -0.39 is 0 Å². The van der Waals surface area contributed by atoms with Crippen LogP contribution in [-0.4, -0.2) is 36.1 Å². The molecule has 5 rings (SSSR count). The maximum atomic E-state index is 13.6. The lowest BCUT2D eigenvalue weighted by Gasteiger charge is -2.29. The first kappa shape index (κ1) is 20.2. The molecule has 0 aliphatic carbocycles. The summed E-state index contributed by atoms with van der Waals surface area (Å²) in [5, 5.41) is 6.41. The Morgan fingerprint density at radius 2 is 1.62 bits per heavy atom. The highest BCUT2D eigenvalue weighted by atomic mass is 16.5. The van der Waals surface area contributed by atoms with E-state index >= 15 is 0 Å². The zero-order chi connectivity index (χ0) is 21.9. The van der Waals surface area contributed by atoms with Gasteiger partial charge in [-0.25, -0.2) is 0 Å². The predicted molar refractivity (Wildman–Crippen MR) is 131 cm³/mol. The molecule has 0 saturated carbocycles. The molecule has 1 aliphatic rings. The van der Waals surface area contributed by atoms with Crippen LogP contribution < -0.4 is 10.5 Å². The van der Waals surface area contributed by atoms with Crippen molar-refractivity contribution in [2.75, 3.05) is 31.2 Å². The van der Waals surface area contributed by atoms with E-state index in [9.17, 15) is 4.79 Å². The standard InChI is InChI=1S/C27H25N3O2/c1-2-8-20-13-14-22(29-15-17-32-18-16-29)19-25(20)30-27(31)24-12-7-6-11-23(24)26(28-30)21-9-4-3-5-10-21/h2-14,19H,15-18H2,1H3/b8-2+. The van der Waals surface area contributed by atoms with Crippen LogP contribution in [0.25, 0.3) is 33.8 Å². The molecule has 0 N–H and O–H groups in total. The van der Waals surface area contributed by atoms with Crippen LogP contribution in [0.5, 0.6) is 0 Å². The summed E-state index contributed by atoms with van der Waals surface area (Å²) < 4.78 is 7.07. The van der Waals surface area contributed by atoms with Crippen LogP contribution in [0, 0.1) is 0 Å². The molecule has 1 saturated heterocycles. The van der Waals surface area contributed by atoms with Gasteiger partial charge in [0.05, 0.1) is 30.0 Å². The molecular weight excluding hydrogens is 398 g/mol. The van der Waals surface area contributed by atoms with E-state index in [1.807, 2.05) is 73.7 Å². The third-order valence-electron chi connectivity index (χ3n) is 5.82. The molecule has 1 aromatic heterocycles.